The maximum absolute atomic E-state index is 13.3. The van der Waals surface area contributed by atoms with E-state index in [1.54, 1.807) is 37.4 Å². The van der Waals surface area contributed by atoms with Gasteiger partial charge in [-0.15, -0.1) is 0 Å². The summed E-state index contributed by atoms with van der Waals surface area (Å²) < 4.78 is 24.0. The number of rotatable bonds is 7. The molecule has 2 heterocycles. The number of benzene rings is 3. The molecule has 4 aromatic rings. The molecule has 0 bridgehead atoms. The number of anilines is 1. The number of fused-ring (bicyclic) bond motifs is 1. The number of ether oxygens (including phenoxy) is 1. The minimum atomic E-state index is -0.320. The summed E-state index contributed by atoms with van der Waals surface area (Å²) in [6.45, 7) is 5.12. The number of nitrogens with zero attached hydrogens (tertiary/aromatic N) is 3. The molecular weight excluding hydrogens is 447 g/mol. The lowest BCUT2D eigenvalue weighted by atomic mass is 10.1. The summed E-state index contributed by atoms with van der Waals surface area (Å²) in [4.78, 5) is 17.5. The van der Waals surface area contributed by atoms with Crippen LogP contribution >= 0.6 is 0 Å². The first kappa shape index (κ1) is 22.9. The molecular formula is C27H27FN4O3. The molecule has 1 amide bonds. The Balaban J connectivity index is 1.14. The predicted octanol–water partition coefficient (Wildman–Crippen LogP) is 4.19. The van der Waals surface area contributed by atoms with Gasteiger partial charge in [0, 0.05) is 56.1 Å². The Labute approximate surface area is 203 Å². The molecule has 7 nitrogen and oxygen atoms in total. The fraction of sp³-hybridized carbons (Fsp3) is 0.259. The van der Waals surface area contributed by atoms with E-state index in [2.05, 4.69) is 32.4 Å². The van der Waals surface area contributed by atoms with Gasteiger partial charge in [0.25, 0.3) is 5.91 Å². The van der Waals surface area contributed by atoms with Gasteiger partial charge >= 0.3 is 0 Å². The number of carbonyl (C=O) groups excluding carboxylic acids is 1. The zero-order valence-corrected chi connectivity index (χ0v) is 19.5. The van der Waals surface area contributed by atoms with Crippen molar-refractivity contribution in [3.63, 3.8) is 0 Å². The van der Waals surface area contributed by atoms with E-state index in [-0.39, 0.29) is 11.7 Å². The topological polar surface area (TPSA) is 70.8 Å². The van der Waals surface area contributed by atoms with Crippen molar-refractivity contribution in [3.8, 4) is 17.1 Å². The Kier molecular flexibility index (Phi) is 6.63. The van der Waals surface area contributed by atoms with Gasteiger partial charge in [-0.25, -0.2) is 4.39 Å². The van der Waals surface area contributed by atoms with E-state index < -0.39 is 0 Å². The van der Waals surface area contributed by atoms with Crippen LogP contribution in [0.1, 0.15) is 10.4 Å². The van der Waals surface area contributed by atoms with Gasteiger partial charge in [-0.3, -0.25) is 9.69 Å². The summed E-state index contributed by atoms with van der Waals surface area (Å²) >= 11 is 0. The molecule has 180 valence electrons. The number of hydrogen-bond acceptors (Lipinski definition) is 6. The highest BCUT2D eigenvalue weighted by Crippen LogP contribution is 2.29. The molecule has 1 N–H and O–H groups in total. The Morgan fingerprint density at radius 2 is 1.77 bits per heavy atom. The minimum absolute atomic E-state index is 0.143. The number of methoxy groups -OCH3 is 1. The van der Waals surface area contributed by atoms with E-state index in [4.69, 9.17) is 9.26 Å². The lowest BCUT2D eigenvalue weighted by molar-refractivity contribution is 0.0948. The summed E-state index contributed by atoms with van der Waals surface area (Å²) in [7, 11) is 1.67. The third-order valence-corrected chi connectivity index (χ3v) is 6.37. The van der Waals surface area contributed by atoms with Crippen molar-refractivity contribution in [2.45, 2.75) is 0 Å². The second kappa shape index (κ2) is 10.1. The Morgan fingerprint density at radius 1 is 1.03 bits per heavy atom. The molecule has 1 aliphatic heterocycles. The van der Waals surface area contributed by atoms with E-state index >= 15 is 0 Å². The Hall–Kier alpha value is -3.91. The molecule has 35 heavy (non-hydrogen) atoms. The normalized spacial score (nSPS) is 14.3. The third-order valence-electron chi connectivity index (χ3n) is 6.37. The van der Waals surface area contributed by atoms with Gasteiger partial charge in [0.15, 0.2) is 5.76 Å². The molecule has 1 saturated heterocycles. The smallest absolute Gasteiger partial charge is 0.251 e. The van der Waals surface area contributed by atoms with Crippen molar-refractivity contribution in [3.05, 3.63) is 78.1 Å². The number of nitrogens with one attached hydrogen (secondary N) is 1. The van der Waals surface area contributed by atoms with Crippen LogP contribution in [0.2, 0.25) is 0 Å². The van der Waals surface area contributed by atoms with Crippen molar-refractivity contribution in [2.75, 3.05) is 51.3 Å². The molecule has 0 radical (unpaired) electrons. The first-order valence-electron chi connectivity index (χ1n) is 11.7. The molecule has 3 aromatic carbocycles. The predicted molar refractivity (Wildman–Crippen MR) is 133 cm³/mol. The van der Waals surface area contributed by atoms with Gasteiger partial charge in [-0.1, -0.05) is 5.16 Å². The largest absolute Gasteiger partial charge is 0.497 e. The molecule has 1 aliphatic rings. The van der Waals surface area contributed by atoms with Crippen LogP contribution in [0.5, 0.6) is 5.75 Å². The summed E-state index contributed by atoms with van der Waals surface area (Å²) in [5.41, 5.74) is 3.09. The highest BCUT2D eigenvalue weighted by molar-refractivity contribution is 6.00. The zero-order valence-electron chi connectivity index (χ0n) is 19.5. The lowest BCUT2D eigenvalue weighted by Crippen LogP contribution is -2.48. The van der Waals surface area contributed by atoms with E-state index in [9.17, 15) is 9.18 Å². The van der Waals surface area contributed by atoms with Crippen LogP contribution in [0, 0.1) is 5.82 Å². The van der Waals surface area contributed by atoms with Gasteiger partial charge in [0.1, 0.15) is 17.1 Å². The van der Waals surface area contributed by atoms with Crippen molar-refractivity contribution in [1.29, 1.82) is 0 Å². The van der Waals surface area contributed by atoms with Crippen LogP contribution in [-0.4, -0.2) is 62.3 Å². The number of piperazine rings is 1. The number of hydrogen-bond donors (Lipinski definition) is 1. The van der Waals surface area contributed by atoms with Gasteiger partial charge in [-0.05, 0) is 66.7 Å². The molecule has 1 fully saturated rings. The molecule has 0 saturated carbocycles. The lowest BCUT2D eigenvalue weighted by Gasteiger charge is -2.36. The Morgan fingerprint density at radius 3 is 2.49 bits per heavy atom. The number of carbonyl (C=O) groups is 1. The molecule has 0 spiro atoms. The van der Waals surface area contributed by atoms with Gasteiger partial charge in [0.05, 0.1) is 12.5 Å². The van der Waals surface area contributed by atoms with Gasteiger partial charge in [0.2, 0.25) is 0 Å². The van der Waals surface area contributed by atoms with E-state index in [0.717, 1.165) is 43.9 Å². The highest BCUT2D eigenvalue weighted by Gasteiger charge is 2.18. The van der Waals surface area contributed by atoms with E-state index in [1.807, 2.05) is 12.1 Å². The highest BCUT2D eigenvalue weighted by atomic mass is 19.1. The second-order valence-corrected chi connectivity index (χ2v) is 8.53. The van der Waals surface area contributed by atoms with E-state index in [1.165, 1.54) is 17.8 Å². The summed E-state index contributed by atoms with van der Waals surface area (Å²) in [5.74, 6) is 0.914. The molecule has 1 aromatic heterocycles. The van der Waals surface area contributed by atoms with Crippen LogP contribution < -0.4 is 15.0 Å². The average Bonchev–Trinajstić information content (AvgIpc) is 3.33. The first-order valence-corrected chi connectivity index (χ1v) is 11.7. The molecule has 8 heteroatoms. The van der Waals surface area contributed by atoms with Crippen molar-refractivity contribution in [2.24, 2.45) is 0 Å². The van der Waals surface area contributed by atoms with Crippen LogP contribution in [-0.2, 0) is 0 Å². The Bertz CT molecular complexity index is 1300. The van der Waals surface area contributed by atoms with Gasteiger partial charge < -0.3 is 19.5 Å². The van der Waals surface area contributed by atoms with Crippen molar-refractivity contribution in [1.82, 2.24) is 15.4 Å². The number of halogens is 1. The summed E-state index contributed by atoms with van der Waals surface area (Å²) in [6, 6.07) is 19.4. The zero-order chi connectivity index (χ0) is 24.2. The maximum atomic E-state index is 13.3. The van der Waals surface area contributed by atoms with Crippen molar-refractivity contribution >= 4 is 22.5 Å². The average molecular weight is 475 g/mol. The summed E-state index contributed by atoms with van der Waals surface area (Å²) in [6.07, 6.45) is 0. The summed E-state index contributed by atoms with van der Waals surface area (Å²) in [5, 5.41) is 7.80. The molecule has 5 rings (SSSR count). The first-order chi connectivity index (χ1) is 17.1. The van der Waals surface area contributed by atoms with Crippen LogP contribution in [0.25, 0.3) is 22.2 Å². The third kappa shape index (κ3) is 5.12. The minimum Gasteiger partial charge on any atom is -0.497 e. The quantitative estimate of drug-likeness (QED) is 0.433. The molecule has 0 atom stereocenters. The fourth-order valence-electron chi connectivity index (χ4n) is 4.34. The van der Waals surface area contributed by atoms with Crippen LogP contribution in [0.15, 0.2) is 71.3 Å². The second-order valence-electron chi connectivity index (χ2n) is 8.53. The number of amides is 1. The maximum Gasteiger partial charge on any atom is 0.251 e. The van der Waals surface area contributed by atoms with Crippen LogP contribution in [0.4, 0.5) is 10.1 Å². The SMILES string of the molecule is COc1ccc(N2CCN(CCNC(=O)c3ccc4noc(-c5ccc(F)cc5)c4c3)CC2)cc1. The van der Waals surface area contributed by atoms with Crippen molar-refractivity contribution < 1.29 is 18.4 Å². The van der Waals surface area contributed by atoms with E-state index in [0.29, 0.717) is 28.9 Å². The van der Waals surface area contributed by atoms with Gasteiger partial charge in [-0.2, -0.15) is 0 Å². The number of aromatic nitrogens is 1. The van der Waals surface area contributed by atoms with Crippen LogP contribution in [0.3, 0.4) is 0 Å². The standard InChI is InChI=1S/C27H27FN4O3/c1-34-23-9-7-22(8-10-23)32-16-14-31(15-17-32)13-12-29-27(33)20-4-11-25-24(18-20)26(35-30-25)19-2-5-21(28)6-3-19/h2-11,18H,12-17H2,1H3,(H,29,33). The monoisotopic (exact) mass is 474 g/mol. The molecule has 0 unspecified atom stereocenters. The fourth-order valence-corrected chi connectivity index (χ4v) is 4.34. The molecule has 0 aliphatic carbocycles.